The van der Waals surface area contributed by atoms with Crippen LogP contribution in [-0.2, 0) is 19.0 Å². The van der Waals surface area contributed by atoms with E-state index in [-0.39, 0.29) is 0 Å². The maximum Gasteiger partial charge on any atom is 0.509 e. The first-order chi connectivity index (χ1) is 8.83. The summed E-state index contributed by atoms with van der Waals surface area (Å²) >= 11 is 0. The number of methoxy groups -OCH3 is 1. The van der Waals surface area contributed by atoms with Gasteiger partial charge in [0.15, 0.2) is 0 Å². The van der Waals surface area contributed by atoms with Crippen molar-refractivity contribution in [2.45, 2.75) is 32.5 Å². The van der Waals surface area contributed by atoms with Crippen LogP contribution < -0.4 is 0 Å². The number of carbonyl (C=O) groups excluding carboxylic acids is 2. The average Bonchev–Trinajstić information content (AvgIpc) is 2.34. The van der Waals surface area contributed by atoms with Gasteiger partial charge in [0.2, 0.25) is 6.10 Å². The van der Waals surface area contributed by atoms with Crippen LogP contribution in [0.15, 0.2) is 30.3 Å². The van der Waals surface area contributed by atoms with Gasteiger partial charge in [-0.1, -0.05) is 30.3 Å². The standard InChI is InChI=1S/C14H18O5/c1-14(2,3)19-13(16)18-11(12(15)17-4)10-8-6-5-7-9-10/h5-9,11H,1-4H3/t11-/m1/s1. The summed E-state index contributed by atoms with van der Waals surface area (Å²) in [5.41, 5.74) is -0.158. The Morgan fingerprint density at radius 1 is 1.11 bits per heavy atom. The van der Waals surface area contributed by atoms with Crippen LogP contribution in [0, 0.1) is 0 Å². The number of benzene rings is 1. The summed E-state index contributed by atoms with van der Waals surface area (Å²) in [7, 11) is 1.23. The molecule has 0 aliphatic carbocycles. The Labute approximate surface area is 112 Å². The second kappa shape index (κ2) is 6.22. The lowest BCUT2D eigenvalue weighted by atomic mass is 10.1. The van der Waals surface area contributed by atoms with E-state index in [4.69, 9.17) is 9.47 Å². The predicted octanol–water partition coefficient (Wildman–Crippen LogP) is 2.85. The van der Waals surface area contributed by atoms with Gasteiger partial charge < -0.3 is 14.2 Å². The Hall–Kier alpha value is -2.04. The molecule has 5 nitrogen and oxygen atoms in total. The van der Waals surface area contributed by atoms with E-state index in [1.54, 1.807) is 51.1 Å². The van der Waals surface area contributed by atoms with Crippen LogP contribution in [0.1, 0.15) is 32.4 Å². The van der Waals surface area contributed by atoms with E-state index < -0.39 is 23.8 Å². The molecule has 1 atom stereocenters. The summed E-state index contributed by atoms with van der Waals surface area (Å²) in [6.45, 7) is 5.14. The highest BCUT2D eigenvalue weighted by Gasteiger charge is 2.28. The van der Waals surface area contributed by atoms with Gasteiger partial charge in [0.25, 0.3) is 0 Å². The molecule has 0 heterocycles. The molecule has 0 unspecified atom stereocenters. The number of rotatable bonds is 3. The third kappa shape index (κ3) is 4.99. The van der Waals surface area contributed by atoms with Gasteiger partial charge in [-0.15, -0.1) is 0 Å². The minimum absolute atomic E-state index is 0.528. The maximum atomic E-state index is 11.7. The topological polar surface area (TPSA) is 61.8 Å². The van der Waals surface area contributed by atoms with Crippen molar-refractivity contribution in [3.8, 4) is 0 Å². The monoisotopic (exact) mass is 266 g/mol. The first kappa shape index (κ1) is 15.0. The van der Waals surface area contributed by atoms with Crippen molar-refractivity contribution < 1.29 is 23.8 Å². The lowest BCUT2D eigenvalue weighted by Gasteiger charge is -2.21. The van der Waals surface area contributed by atoms with Gasteiger partial charge in [0.1, 0.15) is 5.60 Å². The zero-order valence-electron chi connectivity index (χ0n) is 11.5. The average molecular weight is 266 g/mol. The maximum absolute atomic E-state index is 11.7. The second-order valence-corrected chi connectivity index (χ2v) is 4.90. The van der Waals surface area contributed by atoms with Crippen LogP contribution >= 0.6 is 0 Å². The molecule has 0 bridgehead atoms. The molecule has 0 N–H and O–H groups in total. The molecule has 0 saturated carbocycles. The molecular formula is C14H18O5. The van der Waals surface area contributed by atoms with Crippen molar-refractivity contribution in [3.05, 3.63) is 35.9 Å². The van der Waals surface area contributed by atoms with Gasteiger partial charge in [-0.2, -0.15) is 0 Å². The van der Waals surface area contributed by atoms with E-state index in [0.29, 0.717) is 5.56 Å². The molecule has 0 saturated heterocycles. The van der Waals surface area contributed by atoms with Gasteiger partial charge in [0, 0.05) is 5.56 Å². The number of carbonyl (C=O) groups is 2. The Kier molecular flexibility index (Phi) is 4.92. The quantitative estimate of drug-likeness (QED) is 0.787. The number of hydrogen-bond acceptors (Lipinski definition) is 5. The van der Waals surface area contributed by atoms with Crippen LogP contribution in [0.4, 0.5) is 4.79 Å². The third-order valence-electron chi connectivity index (χ3n) is 2.12. The van der Waals surface area contributed by atoms with Crippen molar-refractivity contribution in [3.63, 3.8) is 0 Å². The largest absolute Gasteiger partial charge is 0.509 e. The number of ether oxygens (including phenoxy) is 3. The second-order valence-electron chi connectivity index (χ2n) is 4.90. The van der Waals surface area contributed by atoms with E-state index in [0.717, 1.165) is 0 Å². The molecule has 0 radical (unpaired) electrons. The number of hydrogen-bond donors (Lipinski definition) is 0. The first-order valence-corrected chi connectivity index (χ1v) is 5.86. The Balaban J connectivity index is 2.83. The van der Waals surface area contributed by atoms with Gasteiger partial charge >= 0.3 is 12.1 Å². The summed E-state index contributed by atoms with van der Waals surface area (Å²) in [6, 6.07) is 8.62. The Morgan fingerprint density at radius 3 is 2.16 bits per heavy atom. The summed E-state index contributed by atoms with van der Waals surface area (Å²) < 4.78 is 14.7. The highest BCUT2D eigenvalue weighted by Crippen LogP contribution is 2.21. The summed E-state index contributed by atoms with van der Waals surface area (Å²) in [6.07, 6.45) is -2.03. The molecule has 1 aromatic rings. The van der Waals surface area contributed by atoms with Crippen LogP contribution in [-0.4, -0.2) is 24.8 Å². The van der Waals surface area contributed by atoms with Crippen LogP contribution in [0.25, 0.3) is 0 Å². The minimum atomic E-state index is -1.12. The molecule has 5 heteroatoms. The molecule has 0 aromatic heterocycles. The van der Waals surface area contributed by atoms with Crippen molar-refractivity contribution in [1.82, 2.24) is 0 Å². The normalized spacial score (nSPS) is 12.4. The van der Waals surface area contributed by atoms with E-state index in [1.165, 1.54) is 7.11 Å². The minimum Gasteiger partial charge on any atom is -0.466 e. The van der Waals surface area contributed by atoms with Crippen LogP contribution in [0.2, 0.25) is 0 Å². The predicted molar refractivity (Wildman–Crippen MR) is 68.5 cm³/mol. The SMILES string of the molecule is COC(=O)[C@H](OC(=O)OC(C)(C)C)c1ccccc1. The molecule has 0 spiro atoms. The summed E-state index contributed by atoms with van der Waals surface area (Å²) in [5.74, 6) is -0.656. The lowest BCUT2D eigenvalue weighted by Crippen LogP contribution is -2.28. The molecule has 0 fully saturated rings. The Bertz CT molecular complexity index is 433. The van der Waals surface area contributed by atoms with Gasteiger partial charge in [0.05, 0.1) is 7.11 Å². The van der Waals surface area contributed by atoms with E-state index in [2.05, 4.69) is 4.74 Å². The van der Waals surface area contributed by atoms with Crippen molar-refractivity contribution >= 4 is 12.1 Å². The van der Waals surface area contributed by atoms with Crippen molar-refractivity contribution in [2.75, 3.05) is 7.11 Å². The zero-order chi connectivity index (χ0) is 14.5. The molecule has 0 aliphatic heterocycles. The van der Waals surface area contributed by atoms with Crippen LogP contribution in [0.3, 0.4) is 0 Å². The van der Waals surface area contributed by atoms with E-state index in [1.807, 2.05) is 0 Å². The fourth-order valence-corrected chi connectivity index (χ4v) is 1.36. The molecule has 19 heavy (non-hydrogen) atoms. The van der Waals surface area contributed by atoms with Crippen molar-refractivity contribution in [2.24, 2.45) is 0 Å². The highest BCUT2D eigenvalue weighted by atomic mass is 16.7. The third-order valence-corrected chi connectivity index (χ3v) is 2.12. The molecule has 0 amide bonds. The Morgan fingerprint density at radius 2 is 1.68 bits per heavy atom. The highest BCUT2D eigenvalue weighted by molar-refractivity contribution is 5.79. The number of esters is 1. The molecular weight excluding hydrogens is 248 g/mol. The smallest absolute Gasteiger partial charge is 0.466 e. The van der Waals surface area contributed by atoms with E-state index in [9.17, 15) is 9.59 Å². The van der Waals surface area contributed by atoms with E-state index >= 15 is 0 Å². The molecule has 0 aliphatic rings. The van der Waals surface area contributed by atoms with Gasteiger partial charge in [-0.25, -0.2) is 9.59 Å². The molecule has 1 aromatic carbocycles. The fraction of sp³-hybridized carbons (Fsp3) is 0.429. The summed E-state index contributed by atoms with van der Waals surface area (Å²) in [5, 5.41) is 0. The molecule has 1 rings (SSSR count). The lowest BCUT2D eigenvalue weighted by molar-refractivity contribution is -0.153. The van der Waals surface area contributed by atoms with Gasteiger partial charge in [-0.05, 0) is 20.8 Å². The fourth-order valence-electron chi connectivity index (χ4n) is 1.36. The van der Waals surface area contributed by atoms with Gasteiger partial charge in [-0.3, -0.25) is 0 Å². The zero-order valence-corrected chi connectivity index (χ0v) is 11.5. The first-order valence-electron chi connectivity index (χ1n) is 5.86. The molecule has 104 valence electrons. The summed E-state index contributed by atoms with van der Waals surface area (Å²) in [4.78, 5) is 23.3. The van der Waals surface area contributed by atoms with Crippen molar-refractivity contribution in [1.29, 1.82) is 0 Å². The van der Waals surface area contributed by atoms with Crippen LogP contribution in [0.5, 0.6) is 0 Å².